The van der Waals surface area contributed by atoms with Crippen molar-refractivity contribution in [1.82, 2.24) is 30.6 Å². The van der Waals surface area contributed by atoms with Crippen molar-refractivity contribution in [3.63, 3.8) is 0 Å². The van der Waals surface area contributed by atoms with Gasteiger partial charge in [-0.25, -0.2) is 15.4 Å². The van der Waals surface area contributed by atoms with Gasteiger partial charge in [-0.05, 0) is 5.41 Å². The molecular formula is C18H24F3N7O3. The summed E-state index contributed by atoms with van der Waals surface area (Å²) in [4.78, 5) is 34.8. The zero-order chi connectivity index (χ0) is 23.0. The van der Waals surface area contributed by atoms with E-state index in [1.807, 2.05) is 20.8 Å². The molecule has 0 aromatic carbocycles. The number of aliphatic hydroxyl groups is 1. The number of fused-ring (bicyclic) bond motifs is 1. The maximum atomic E-state index is 12.9. The highest BCUT2D eigenvalue weighted by molar-refractivity contribution is 6.19. The van der Waals surface area contributed by atoms with Gasteiger partial charge >= 0.3 is 6.18 Å². The molecule has 4 N–H and O–H groups in total. The van der Waals surface area contributed by atoms with Crippen LogP contribution in [0.5, 0.6) is 0 Å². The van der Waals surface area contributed by atoms with Gasteiger partial charge < -0.3 is 20.6 Å². The van der Waals surface area contributed by atoms with Crippen molar-refractivity contribution >= 4 is 17.6 Å². The second kappa shape index (κ2) is 8.21. The Kier molecular flexibility index (Phi) is 5.98. The fourth-order valence-corrected chi connectivity index (χ4v) is 3.39. The third-order valence-corrected chi connectivity index (χ3v) is 4.53. The third-order valence-electron chi connectivity index (χ3n) is 4.53. The van der Waals surface area contributed by atoms with E-state index in [-0.39, 0.29) is 12.0 Å². The Morgan fingerprint density at radius 1 is 1.32 bits per heavy atom. The second-order valence-corrected chi connectivity index (χ2v) is 8.49. The van der Waals surface area contributed by atoms with Gasteiger partial charge in [-0.2, -0.15) is 13.2 Å². The van der Waals surface area contributed by atoms with E-state index in [0.29, 0.717) is 12.2 Å². The van der Waals surface area contributed by atoms with Crippen LogP contribution >= 0.6 is 0 Å². The molecule has 2 atom stereocenters. The van der Waals surface area contributed by atoms with Crippen molar-refractivity contribution in [1.29, 1.82) is 0 Å². The number of anilines is 1. The molecule has 31 heavy (non-hydrogen) atoms. The summed E-state index contributed by atoms with van der Waals surface area (Å²) in [6, 6.07) is 0. The number of aromatic nitrogens is 2. The minimum atomic E-state index is -4.66. The highest BCUT2D eigenvalue weighted by atomic mass is 19.4. The molecule has 1 fully saturated rings. The van der Waals surface area contributed by atoms with Gasteiger partial charge in [-0.1, -0.05) is 20.8 Å². The maximum Gasteiger partial charge on any atom is 0.405 e. The average molecular weight is 443 g/mol. The molecular weight excluding hydrogens is 419 g/mol. The highest BCUT2D eigenvalue weighted by Gasteiger charge is 2.48. The summed E-state index contributed by atoms with van der Waals surface area (Å²) in [5, 5.41) is 16.6. The summed E-state index contributed by atoms with van der Waals surface area (Å²) in [6.45, 7) is 4.29. The van der Waals surface area contributed by atoms with Gasteiger partial charge in [0.15, 0.2) is 5.57 Å². The standard InChI is InChI=1S/C18H24F3N7O3/c1-17(2,3)9-27-12-6-10(25-11-7-22-4-5-23-11)26-28(12)16(31)13(15(27)30)14(29)24-8-18(19,20)21/h4-5,7,10,12,26,30H,6,8-9H2,1-3H3,(H,23,25)(H,24,29). The van der Waals surface area contributed by atoms with Crippen LogP contribution in [-0.4, -0.2) is 68.4 Å². The Balaban J connectivity index is 1.87. The van der Waals surface area contributed by atoms with E-state index in [9.17, 15) is 27.9 Å². The Morgan fingerprint density at radius 2 is 2.03 bits per heavy atom. The number of carbonyl (C=O) groups is 2. The summed E-state index contributed by atoms with van der Waals surface area (Å²) < 4.78 is 37.6. The molecule has 3 heterocycles. The molecule has 0 aliphatic carbocycles. The normalized spacial score (nSPS) is 21.9. The molecule has 170 valence electrons. The lowest BCUT2D eigenvalue weighted by Gasteiger charge is -2.42. The Bertz CT molecular complexity index is 870. The van der Waals surface area contributed by atoms with Gasteiger partial charge in [0.1, 0.15) is 18.5 Å². The smallest absolute Gasteiger partial charge is 0.405 e. The predicted octanol–water partition coefficient (Wildman–Crippen LogP) is 1.09. The number of nitrogens with one attached hydrogen (secondary N) is 3. The maximum absolute atomic E-state index is 12.9. The summed E-state index contributed by atoms with van der Waals surface area (Å²) in [5.41, 5.74) is 1.79. The molecule has 2 aliphatic heterocycles. The van der Waals surface area contributed by atoms with Gasteiger partial charge in [0, 0.05) is 25.4 Å². The van der Waals surface area contributed by atoms with Crippen LogP contribution in [-0.2, 0) is 9.59 Å². The molecule has 3 rings (SSSR count). The number of amides is 2. The van der Waals surface area contributed by atoms with E-state index in [1.165, 1.54) is 23.5 Å². The summed E-state index contributed by atoms with van der Waals surface area (Å²) in [7, 11) is 0. The third kappa shape index (κ3) is 5.34. The average Bonchev–Trinajstić information content (AvgIpc) is 3.07. The van der Waals surface area contributed by atoms with Crippen molar-refractivity contribution in [2.24, 2.45) is 5.41 Å². The molecule has 2 aliphatic rings. The number of hydrazine groups is 1. The van der Waals surface area contributed by atoms with Crippen LogP contribution in [0.1, 0.15) is 27.2 Å². The van der Waals surface area contributed by atoms with Crippen molar-refractivity contribution in [2.45, 2.75) is 45.7 Å². The minimum absolute atomic E-state index is 0.239. The van der Waals surface area contributed by atoms with Crippen LogP contribution in [0.2, 0.25) is 0 Å². The van der Waals surface area contributed by atoms with Crippen LogP contribution in [0.25, 0.3) is 0 Å². The number of halogens is 3. The summed E-state index contributed by atoms with van der Waals surface area (Å²) in [6.07, 6.45) is -1.05. The second-order valence-electron chi connectivity index (χ2n) is 8.49. The topological polar surface area (TPSA) is 123 Å². The summed E-state index contributed by atoms with van der Waals surface area (Å²) in [5.74, 6) is -2.43. The first-order valence-electron chi connectivity index (χ1n) is 9.53. The first kappa shape index (κ1) is 22.6. The quantitative estimate of drug-likeness (QED) is 0.499. The van der Waals surface area contributed by atoms with Gasteiger partial charge in [0.25, 0.3) is 11.8 Å². The van der Waals surface area contributed by atoms with E-state index < -0.39 is 48.3 Å². The van der Waals surface area contributed by atoms with Crippen LogP contribution in [0.15, 0.2) is 30.0 Å². The van der Waals surface area contributed by atoms with E-state index >= 15 is 0 Å². The molecule has 10 nitrogen and oxygen atoms in total. The Labute approximate surface area is 176 Å². The van der Waals surface area contributed by atoms with Crippen LogP contribution < -0.4 is 16.1 Å². The van der Waals surface area contributed by atoms with Gasteiger partial charge in [0.05, 0.1) is 12.4 Å². The SMILES string of the molecule is CC(C)(C)CN1C(O)=C(C(=O)NCC(F)(F)F)C(=O)N2NC(Nc3cnccn3)CC12. The lowest BCUT2D eigenvalue weighted by Crippen LogP contribution is -2.59. The molecule has 1 saturated heterocycles. The molecule has 0 saturated carbocycles. The lowest BCUT2D eigenvalue weighted by atomic mass is 9.95. The van der Waals surface area contributed by atoms with Gasteiger partial charge in [0.2, 0.25) is 5.88 Å². The van der Waals surface area contributed by atoms with Gasteiger partial charge in [-0.15, -0.1) is 0 Å². The number of hydrogen-bond acceptors (Lipinski definition) is 8. The Hall–Kier alpha value is -3.09. The molecule has 13 heteroatoms. The molecule has 2 amide bonds. The van der Waals surface area contributed by atoms with Crippen molar-refractivity contribution < 1.29 is 27.9 Å². The molecule has 1 aromatic rings. The molecule has 2 unspecified atom stereocenters. The van der Waals surface area contributed by atoms with Crippen LogP contribution in [0.3, 0.4) is 0 Å². The van der Waals surface area contributed by atoms with Crippen molar-refractivity contribution in [2.75, 3.05) is 18.4 Å². The largest absolute Gasteiger partial charge is 0.494 e. The predicted molar refractivity (Wildman–Crippen MR) is 103 cm³/mol. The van der Waals surface area contributed by atoms with Crippen molar-refractivity contribution in [3.8, 4) is 0 Å². The first-order valence-corrected chi connectivity index (χ1v) is 9.53. The lowest BCUT2D eigenvalue weighted by molar-refractivity contribution is -0.145. The zero-order valence-corrected chi connectivity index (χ0v) is 17.2. The highest BCUT2D eigenvalue weighted by Crippen LogP contribution is 2.32. The first-order chi connectivity index (χ1) is 14.4. The number of rotatable bonds is 5. The van der Waals surface area contributed by atoms with Crippen LogP contribution in [0.4, 0.5) is 19.0 Å². The van der Waals surface area contributed by atoms with E-state index in [2.05, 4.69) is 20.7 Å². The molecule has 0 bridgehead atoms. The molecule has 0 radical (unpaired) electrons. The monoisotopic (exact) mass is 443 g/mol. The van der Waals surface area contributed by atoms with Gasteiger partial charge in [-0.3, -0.25) is 14.6 Å². The Morgan fingerprint density at radius 3 is 2.61 bits per heavy atom. The number of aliphatic hydroxyl groups excluding tert-OH is 1. The number of nitrogens with zero attached hydrogens (tertiary/aromatic N) is 4. The fraction of sp³-hybridized carbons (Fsp3) is 0.556. The summed E-state index contributed by atoms with van der Waals surface area (Å²) >= 11 is 0. The van der Waals surface area contributed by atoms with E-state index in [0.717, 1.165) is 5.01 Å². The molecule has 1 aromatic heterocycles. The zero-order valence-electron chi connectivity index (χ0n) is 17.2. The molecule has 0 spiro atoms. The van der Waals surface area contributed by atoms with E-state index in [4.69, 9.17) is 0 Å². The van der Waals surface area contributed by atoms with E-state index in [1.54, 1.807) is 5.32 Å². The van der Waals surface area contributed by atoms with Crippen molar-refractivity contribution in [3.05, 3.63) is 30.0 Å². The number of carbonyl (C=O) groups excluding carboxylic acids is 2. The number of hydrogen-bond donors (Lipinski definition) is 4. The van der Waals surface area contributed by atoms with Crippen LogP contribution in [0, 0.1) is 5.41 Å². The minimum Gasteiger partial charge on any atom is -0.494 e. The fourth-order valence-electron chi connectivity index (χ4n) is 3.39. The number of alkyl halides is 3.